The van der Waals surface area contributed by atoms with Crippen molar-refractivity contribution in [3.8, 4) is 0 Å². The Balaban J connectivity index is 0. The van der Waals surface area contributed by atoms with Gasteiger partial charge in [0.2, 0.25) is 0 Å². The Bertz CT molecular complexity index is 272. The van der Waals surface area contributed by atoms with Crippen molar-refractivity contribution in [1.82, 2.24) is 0 Å². The Morgan fingerprint density at radius 1 is 0.444 bits per heavy atom. The van der Waals surface area contributed by atoms with E-state index in [1.54, 1.807) is 0 Å². The molecule has 0 aliphatic carbocycles. The number of unbranched alkanes of at least 4 members (excludes halogenated alkanes) is 15. The molecule has 0 aromatic rings. The van der Waals surface area contributed by atoms with Crippen molar-refractivity contribution in [2.75, 3.05) is 21.1 Å². The summed E-state index contributed by atoms with van der Waals surface area (Å²) >= 11 is 0. The fraction of sp³-hybridized carbons (Fsp3) is 1.00. The predicted molar refractivity (Wildman–Crippen MR) is 121 cm³/mol. The molecule has 0 heterocycles. The summed E-state index contributed by atoms with van der Waals surface area (Å²) in [4.78, 5) is 0. The number of halogens is 1. The van der Waals surface area contributed by atoms with Crippen molar-refractivity contribution in [3.05, 3.63) is 0 Å². The van der Waals surface area contributed by atoms with Gasteiger partial charge in [-0.2, -0.15) is 0 Å². The topological polar surface area (TPSA) is 0 Å². The first-order valence-electron chi connectivity index (χ1n) is 12.3. The number of nitrogens with zero attached hydrogens (tertiary/aromatic N) is 1. The van der Waals surface area contributed by atoms with Crippen LogP contribution in [0.2, 0.25) is 0 Å². The molecule has 0 radical (unpaired) electrons. The molecule has 1 atom stereocenters. The monoisotopic (exact) mass is 403 g/mol. The van der Waals surface area contributed by atoms with Gasteiger partial charge in [0.05, 0.1) is 27.2 Å². The van der Waals surface area contributed by atoms with Crippen LogP contribution in [-0.2, 0) is 0 Å². The van der Waals surface area contributed by atoms with Crippen LogP contribution in [0.4, 0.5) is 0 Å². The average Bonchev–Trinajstić information content (AvgIpc) is 2.59. The summed E-state index contributed by atoms with van der Waals surface area (Å²) in [6.07, 6.45) is 27.5. The van der Waals surface area contributed by atoms with Gasteiger partial charge in [0, 0.05) is 0 Å². The first kappa shape index (κ1) is 29.5. The highest BCUT2D eigenvalue weighted by atomic mass is 35.5. The van der Waals surface area contributed by atoms with Gasteiger partial charge in [-0.05, 0) is 25.7 Å². The van der Waals surface area contributed by atoms with Gasteiger partial charge in [-0.25, -0.2) is 0 Å². The quantitative estimate of drug-likeness (QED) is 0.185. The summed E-state index contributed by atoms with van der Waals surface area (Å²) in [6, 6.07) is 0.875. The fourth-order valence-corrected chi connectivity index (χ4v) is 4.12. The maximum absolute atomic E-state index is 2.40. The highest BCUT2D eigenvalue weighted by molar-refractivity contribution is 4.60. The standard InChI is InChI=1S/C25H54N.ClH/c1-6-8-10-12-14-15-16-18-20-22-24-25(26(3,4)5)23-21-19-17-13-11-9-7-2;/h25H,6-24H2,1-5H3;1H/q+1;/p-1. The summed E-state index contributed by atoms with van der Waals surface area (Å²) in [5, 5.41) is 0. The van der Waals surface area contributed by atoms with Gasteiger partial charge in [-0.3, -0.25) is 0 Å². The average molecular weight is 404 g/mol. The van der Waals surface area contributed by atoms with E-state index in [4.69, 9.17) is 0 Å². The molecule has 0 spiro atoms. The molecule has 0 amide bonds. The van der Waals surface area contributed by atoms with E-state index < -0.39 is 0 Å². The zero-order valence-corrected chi connectivity index (χ0v) is 20.6. The SMILES string of the molecule is CCCCCCCCCCCCC(CCCCCCCCC)[N+](C)(C)C.[Cl-]. The summed E-state index contributed by atoms with van der Waals surface area (Å²) < 4.78 is 1.16. The Labute approximate surface area is 180 Å². The zero-order valence-electron chi connectivity index (χ0n) is 19.8. The zero-order chi connectivity index (χ0) is 19.5. The highest BCUT2D eigenvalue weighted by Gasteiger charge is 2.22. The fourth-order valence-electron chi connectivity index (χ4n) is 4.12. The van der Waals surface area contributed by atoms with E-state index in [2.05, 4.69) is 35.0 Å². The van der Waals surface area contributed by atoms with Crippen molar-refractivity contribution in [3.63, 3.8) is 0 Å². The molecule has 0 saturated carbocycles. The van der Waals surface area contributed by atoms with Crippen molar-refractivity contribution in [1.29, 1.82) is 0 Å². The molecule has 0 saturated heterocycles. The van der Waals surface area contributed by atoms with Crippen molar-refractivity contribution >= 4 is 0 Å². The van der Waals surface area contributed by atoms with Gasteiger partial charge in [-0.15, -0.1) is 0 Å². The predicted octanol–water partition coefficient (Wildman–Crippen LogP) is 5.52. The first-order valence-corrected chi connectivity index (χ1v) is 12.3. The second-order valence-electron chi connectivity index (χ2n) is 9.65. The summed E-state index contributed by atoms with van der Waals surface area (Å²) in [5.74, 6) is 0. The first-order chi connectivity index (χ1) is 12.5. The van der Waals surface area contributed by atoms with E-state index >= 15 is 0 Å². The molecule has 0 aromatic heterocycles. The third-order valence-corrected chi connectivity index (χ3v) is 6.13. The summed E-state index contributed by atoms with van der Waals surface area (Å²) in [7, 11) is 7.21. The second-order valence-corrected chi connectivity index (χ2v) is 9.65. The lowest BCUT2D eigenvalue weighted by molar-refractivity contribution is -0.896. The van der Waals surface area contributed by atoms with E-state index in [9.17, 15) is 0 Å². The van der Waals surface area contributed by atoms with Gasteiger partial charge < -0.3 is 16.9 Å². The molecule has 0 rings (SSSR count). The second kappa shape index (κ2) is 21.0. The molecule has 0 aromatic carbocycles. The Hall–Kier alpha value is 0.250. The number of quaternary nitrogens is 1. The van der Waals surface area contributed by atoms with Crippen LogP contribution >= 0.6 is 0 Å². The Morgan fingerprint density at radius 3 is 0.963 bits per heavy atom. The molecule has 0 N–H and O–H groups in total. The molecule has 0 aliphatic rings. The normalized spacial score (nSPS) is 12.8. The molecule has 1 nitrogen and oxygen atoms in total. The lowest BCUT2D eigenvalue weighted by Gasteiger charge is -2.34. The summed E-state index contributed by atoms with van der Waals surface area (Å²) in [5.41, 5.74) is 0. The van der Waals surface area contributed by atoms with Gasteiger partial charge in [0.1, 0.15) is 0 Å². The molecular weight excluding hydrogens is 350 g/mol. The highest BCUT2D eigenvalue weighted by Crippen LogP contribution is 2.20. The Morgan fingerprint density at radius 2 is 0.704 bits per heavy atom. The van der Waals surface area contributed by atoms with Crippen LogP contribution in [0, 0.1) is 0 Å². The van der Waals surface area contributed by atoms with Gasteiger partial charge in [0.25, 0.3) is 0 Å². The van der Waals surface area contributed by atoms with Crippen LogP contribution in [-0.4, -0.2) is 31.7 Å². The lowest BCUT2D eigenvalue weighted by atomic mass is 9.98. The van der Waals surface area contributed by atoms with E-state index in [0.29, 0.717) is 0 Å². The van der Waals surface area contributed by atoms with Crippen LogP contribution in [0.5, 0.6) is 0 Å². The van der Waals surface area contributed by atoms with Crippen LogP contribution in [0.15, 0.2) is 0 Å². The molecule has 0 fully saturated rings. The largest absolute Gasteiger partial charge is 1.00 e. The smallest absolute Gasteiger partial charge is 0.0884 e. The maximum atomic E-state index is 2.40. The molecule has 27 heavy (non-hydrogen) atoms. The minimum Gasteiger partial charge on any atom is -1.00 e. The minimum atomic E-state index is 0. The molecule has 0 aliphatic heterocycles. The number of rotatable bonds is 20. The molecule has 0 bridgehead atoms. The molecule has 166 valence electrons. The van der Waals surface area contributed by atoms with E-state index in [1.807, 2.05) is 0 Å². The summed E-state index contributed by atoms with van der Waals surface area (Å²) in [6.45, 7) is 4.61. The maximum Gasteiger partial charge on any atom is 0.0884 e. The molecule has 2 heteroatoms. The third kappa shape index (κ3) is 20.8. The number of hydrogen-bond donors (Lipinski definition) is 0. The van der Waals surface area contributed by atoms with Crippen LogP contribution in [0.25, 0.3) is 0 Å². The van der Waals surface area contributed by atoms with Crippen LogP contribution in [0.1, 0.15) is 136 Å². The van der Waals surface area contributed by atoms with Crippen molar-refractivity contribution < 1.29 is 16.9 Å². The van der Waals surface area contributed by atoms with E-state index in [0.717, 1.165) is 10.5 Å². The molecule has 1 unspecified atom stereocenters. The van der Waals surface area contributed by atoms with E-state index in [1.165, 1.54) is 122 Å². The van der Waals surface area contributed by atoms with Gasteiger partial charge in [0.15, 0.2) is 0 Å². The van der Waals surface area contributed by atoms with Crippen molar-refractivity contribution in [2.45, 2.75) is 142 Å². The van der Waals surface area contributed by atoms with Crippen molar-refractivity contribution in [2.24, 2.45) is 0 Å². The number of hydrogen-bond acceptors (Lipinski definition) is 0. The van der Waals surface area contributed by atoms with Crippen LogP contribution in [0.3, 0.4) is 0 Å². The molecular formula is C25H54ClN. The Kier molecular flexibility index (Phi) is 22.9. The van der Waals surface area contributed by atoms with Crippen LogP contribution < -0.4 is 12.4 Å². The minimum absolute atomic E-state index is 0. The van der Waals surface area contributed by atoms with Gasteiger partial charge >= 0.3 is 0 Å². The third-order valence-electron chi connectivity index (χ3n) is 6.13. The van der Waals surface area contributed by atoms with E-state index in [-0.39, 0.29) is 12.4 Å². The lowest BCUT2D eigenvalue weighted by Crippen LogP contribution is -3.00. The van der Waals surface area contributed by atoms with Gasteiger partial charge in [-0.1, -0.05) is 110 Å².